The molecular weight excluding hydrogens is 196 g/mol. The van der Waals surface area contributed by atoms with Crippen LogP contribution in [0.25, 0.3) is 0 Å². The minimum Gasteiger partial charge on any atom is -0.300 e. The van der Waals surface area contributed by atoms with E-state index in [0.717, 1.165) is 30.6 Å². The van der Waals surface area contributed by atoms with Gasteiger partial charge in [0.1, 0.15) is 5.78 Å². The molecule has 0 N–H and O–H groups in total. The second kappa shape index (κ2) is 5.33. The van der Waals surface area contributed by atoms with Crippen LogP contribution in [-0.2, 0) is 4.79 Å². The SMILES string of the molecule is CCC(CC)CC(=O)CC1CC2CCC1C2. The topological polar surface area (TPSA) is 17.1 Å². The molecule has 1 heteroatoms. The average molecular weight is 222 g/mol. The van der Waals surface area contributed by atoms with Gasteiger partial charge >= 0.3 is 0 Å². The van der Waals surface area contributed by atoms with E-state index < -0.39 is 0 Å². The molecule has 3 unspecified atom stereocenters. The molecule has 3 atom stereocenters. The molecule has 2 fully saturated rings. The Hall–Kier alpha value is -0.330. The maximum atomic E-state index is 12.0. The van der Waals surface area contributed by atoms with Crippen LogP contribution in [0.5, 0.6) is 0 Å². The van der Waals surface area contributed by atoms with Crippen LogP contribution in [0.4, 0.5) is 0 Å². The standard InChI is InChI=1S/C15H26O/c1-3-11(4-2)9-15(16)10-14-8-12-5-6-13(14)7-12/h11-14H,3-10H2,1-2H3. The molecule has 92 valence electrons. The molecule has 0 aliphatic heterocycles. The van der Waals surface area contributed by atoms with Crippen molar-refractivity contribution in [3.05, 3.63) is 0 Å². The van der Waals surface area contributed by atoms with Crippen LogP contribution in [0, 0.1) is 23.7 Å². The van der Waals surface area contributed by atoms with Crippen LogP contribution < -0.4 is 0 Å². The lowest BCUT2D eigenvalue weighted by atomic mass is 9.83. The molecule has 0 amide bonds. The molecule has 0 saturated heterocycles. The van der Waals surface area contributed by atoms with Gasteiger partial charge in [-0.2, -0.15) is 0 Å². The maximum absolute atomic E-state index is 12.0. The first-order valence-electron chi connectivity index (χ1n) is 7.24. The predicted octanol–water partition coefficient (Wildman–Crippen LogP) is 4.21. The molecule has 2 saturated carbocycles. The molecule has 0 aromatic carbocycles. The van der Waals surface area contributed by atoms with Crippen LogP contribution in [0.1, 0.15) is 65.2 Å². The van der Waals surface area contributed by atoms with Crippen LogP contribution >= 0.6 is 0 Å². The van der Waals surface area contributed by atoms with Gasteiger partial charge in [-0.1, -0.05) is 33.1 Å². The summed E-state index contributed by atoms with van der Waals surface area (Å²) in [6, 6.07) is 0. The minimum atomic E-state index is 0.547. The fourth-order valence-electron chi connectivity index (χ4n) is 3.90. The summed E-state index contributed by atoms with van der Waals surface area (Å²) in [6.45, 7) is 4.41. The Morgan fingerprint density at radius 3 is 2.44 bits per heavy atom. The number of Topliss-reactive ketones (excluding diaryl/α,β-unsaturated/α-hetero) is 1. The molecule has 0 spiro atoms. The summed E-state index contributed by atoms with van der Waals surface area (Å²) in [7, 11) is 0. The molecule has 2 rings (SSSR count). The van der Waals surface area contributed by atoms with Gasteiger partial charge in [-0.25, -0.2) is 0 Å². The van der Waals surface area contributed by atoms with Crippen LogP contribution in [-0.4, -0.2) is 5.78 Å². The second-order valence-corrected chi connectivity index (χ2v) is 6.06. The summed E-state index contributed by atoms with van der Waals surface area (Å²) in [5.74, 6) is 3.85. The number of fused-ring (bicyclic) bond motifs is 2. The van der Waals surface area contributed by atoms with E-state index in [0.29, 0.717) is 11.7 Å². The Morgan fingerprint density at radius 1 is 1.19 bits per heavy atom. The molecule has 0 heterocycles. The Labute approximate surface area is 100.0 Å². The average Bonchev–Trinajstić information content (AvgIpc) is 2.87. The highest BCUT2D eigenvalue weighted by molar-refractivity contribution is 5.79. The van der Waals surface area contributed by atoms with E-state index in [4.69, 9.17) is 0 Å². The summed E-state index contributed by atoms with van der Waals surface area (Å²) in [6.07, 6.45) is 9.73. The lowest BCUT2D eigenvalue weighted by Crippen LogP contribution is -2.17. The third kappa shape index (κ3) is 2.67. The fourth-order valence-corrected chi connectivity index (χ4v) is 3.90. The summed E-state index contributed by atoms with van der Waals surface area (Å²) in [4.78, 5) is 12.0. The minimum absolute atomic E-state index is 0.547. The highest BCUT2D eigenvalue weighted by Crippen LogP contribution is 2.49. The molecule has 0 aromatic heterocycles. The van der Waals surface area contributed by atoms with Crippen molar-refractivity contribution in [1.29, 1.82) is 0 Å². The molecule has 1 nitrogen and oxygen atoms in total. The largest absolute Gasteiger partial charge is 0.300 e. The monoisotopic (exact) mass is 222 g/mol. The molecule has 2 aliphatic carbocycles. The van der Waals surface area contributed by atoms with E-state index in [1.165, 1.54) is 38.5 Å². The summed E-state index contributed by atoms with van der Waals surface area (Å²) in [5.41, 5.74) is 0. The van der Waals surface area contributed by atoms with E-state index in [1.54, 1.807) is 0 Å². The molecule has 16 heavy (non-hydrogen) atoms. The summed E-state index contributed by atoms with van der Waals surface area (Å²) >= 11 is 0. The molecule has 2 aliphatic rings. The number of ketones is 1. The predicted molar refractivity (Wildman–Crippen MR) is 67.3 cm³/mol. The number of rotatable bonds is 6. The van der Waals surface area contributed by atoms with Gasteiger partial charge in [0.2, 0.25) is 0 Å². The number of carbonyl (C=O) groups is 1. The third-order valence-corrected chi connectivity index (χ3v) is 5.05. The maximum Gasteiger partial charge on any atom is 0.133 e. The molecular formula is C15H26O. The van der Waals surface area contributed by atoms with Crippen molar-refractivity contribution in [2.45, 2.75) is 65.2 Å². The lowest BCUT2D eigenvalue weighted by Gasteiger charge is -2.21. The van der Waals surface area contributed by atoms with E-state index in [9.17, 15) is 4.79 Å². The van der Waals surface area contributed by atoms with Crippen LogP contribution in [0.15, 0.2) is 0 Å². The summed E-state index contributed by atoms with van der Waals surface area (Å²) in [5, 5.41) is 0. The van der Waals surface area contributed by atoms with Crippen LogP contribution in [0.2, 0.25) is 0 Å². The fraction of sp³-hybridized carbons (Fsp3) is 0.933. The van der Waals surface area contributed by atoms with Gasteiger partial charge < -0.3 is 0 Å². The highest BCUT2D eigenvalue weighted by atomic mass is 16.1. The van der Waals surface area contributed by atoms with Gasteiger partial charge in [0, 0.05) is 12.8 Å². The van der Waals surface area contributed by atoms with Gasteiger partial charge in [0.25, 0.3) is 0 Å². The molecule has 0 aromatic rings. The van der Waals surface area contributed by atoms with Crippen molar-refractivity contribution in [3.63, 3.8) is 0 Å². The lowest BCUT2D eigenvalue weighted by molar-refractivity contribution is -0.121. The molecule has 0 radical (unpaired) electrons. The zero-order valence-corrected chi connectivity index (χ0v) is 10.9. The van der Waals surface area contributed by atoms with Gasteiger partial charge in [-0.05, 0) is 42.9 Å². The van der Waals surface area contributed by atoms with Crippen molar-refractivity contribution in [2.75, 3.05) is 0 Å². The van der Waals surface area contributed by atoms with E-state index >= 15 is 0 Å². The smallest absolute Gasteiger partial charge is 0.133 e. The Balaban J connectivity index is 1.75. The van der Waals surface area contributed by atoms with Crippen LogP contribution in [0.3, 0.4) is 0 Å². The second-order valence-electron chi connectivity index (χ2n) is 6.06. The van der Waals surface area contributed by atoms with E-state index in [2.05, 4.69) is 13.8 Å². The van der Waals surface area contributed by atoms with Gasteiger partial charge in [0.15, 0.2) is 0 Å². The first-order chi connectivity index (χ1) is 7.72. The number of hydrogen-bond donors (Lipinski definition) is 0. The van der Waals surface area contributed by atoms with Gasteiger partial charge in [0.05, 0.1) is 0 Å². The molecule has 2 bridgehead atoms. The van der Waals surface area contributed by atoms with Crippen molar-refractivity contribution >= 4 is 5.78 Å². The van der Waals surface area contributed by atoms with Gasteiger partial charge in [-0.3, -0.25) is 4.79 Å². The normalized spacial score (nSPS) is 32.6. The van der Waals surface area contributed by atoms with Crippen molar-refractivity contribution in [2.24, 2.45) is 23.7 Å². The zero-order chi connectivity index (χ0) is 11.5. The van der Waals surface area contributed by atoms with Crippen molar-refractivity contribution in [1.82, 2.24) is 0 Å². The van der Waals surface area contributed by atoms with Crippen molar-refractivity contribution in [3.8, 4) is 0 Å². The Kier molecular flexibility index (Phi) is 4.05. The quantitative estimate of drug-likeness (QED) is 0.658. The first kappa shape index (κ1) is 12.1. The number of carbonyl (C=O) groups excluding carboxylic acids is 1. The van der Waals surface area contributed by atoms with E-state index in [1.807, 2.05) is 0 Å². The van der Waals surface area contributed by atoms with Crippen molar-refractivity contribution < 1.29 is 4.79 Å². The highest BCUT2D eigenvalue weighted by Gasteiger charge is 2.39. The number of hydrogen-bond acceptors (Lipinski definition) is 1. The van der Waals surface area contributed by atoms with Gasteiger partial charge in [-0.15, -0.1) is 0 Å². The Bertz CT molecular complexity index is 242. The summed E-state index contributed by atoms with van der Waals surface area (Å²) < 4.78 is 0. The first-order valence-corrected chi connectivity index (χ1v) is 7.24. The third-order valence-electron chi connectivity index (χ3n) is 5.05. The Morgan fingerprint density at radius 2 is 1.94 bits per heavy atom. The zero-order valence-electron chi connectivity index (χ0n) is 10.9. The van der Waals surface area contributed by atoms with E-state index in [-0.39, 0.29) is 0 Å².